The Balaban J connectivity index is 1.91. The van der Waals surface area contributed by atoms with Crippen molar-refractivity contribution in [2.24, 2.45) is 7.05 Å². The predicted octanol–water partition coefficient (Wildman–Crippen LogP) is 3.36. The molecular weight excluding hydrogens is 304 g/mol. The van der Waals surface area contributed by atoms with Crippen LogP contribution in [0.5, 0.6) is 0 Å². The van der Waals surface area contributed by atoms with Gasteiger partial charge in [0.2, 0.25) is 0 Å². The van der Waals surface area contributed by atoms with Crippen molar-refractivity contribution < 1.29 is 4.92 Å². The van der Waals surface area contributed by atoms with Crippen LogP contribution in [0.2, 0.25) is 0 Å². The van der Waals surface area contributed by atoms with E-state index >= 15 is 0 Å². The number of hydrogen-bond acceptors (Lipinski definition) is 4. The van der Waals surface area contributed by atoms with E-state index in [1.54, 1.807) is 23.9 Å². The molecule has 3 aromatic rings. The number of nitro benzene ring substituents is 1. The van der Waals surface area contributed by atoms with Gasteiger partial charge in [-0.3, -0.25) is 14.8 Å². The molecule has 0 atom stereocenters. The van der Waals surface area contributed by atoms with Crippen molar-refractivity contribution >= 4 is 11.5 Å². The first-order valence-corrected chi connectivity index (χ1v) is 7.66. The molecule has 0 fully saturated rings. The van der Waals surface area contributed by atoms with Gasteiger partial charge in [-0.15, -0.1) is 0 Å². The molecule has 24 heavy (non-hydrogen) atoms. The topological polar surface area (TPSA) is 87.0 Å². The fraction of sp³-hybridized carbons (Fsp3) is 0.167. The number of non-ortho nitro benzene ring substituents is 1. The number of nitro groups is 1. The van der Waals surface area contributed by atoms with Crippen LogP contribution in [0.4, 0.5) is 11.5 Å². The maximum Gasteiger partial charge on any atom is 0.269 e. The first kappa shape index (κ1) is 15.7. The minimum Gasteiger partial charge on any atom is -0.383 e. The van der Waals surface area contributed by atoms with Gasteiger partial charge in [-0.05, 0) is 36.1 Å². The molecule has 0 radical (unpaired) electrons. The number of nitrogens with two attached hydrogens (primary N) is 1. The first-order chi connectivity index (χ1) is 11.6. The van der Waals surface area contributed by atoms with Crippen LogP contribution in [-0.4, -0.2) is 14.7 Å². The molecule has 2 aromatic carbocycles. The molecule has 0 saturated heterocycles. The largest absolute Gasteiger partial charge is 0.383 e. The molecule has 0 spiro atoms. The number of anilines is 1. The van der Waals surface area contributed by atoms with Gasteiger partial charge in [0.25, 0.3) is 5.69 Å². The van der Waals surface area contributed by atoms with Crippen molar-refractivity contribution in [1.29, 1.82) is 0 Å². The van der Waals surface area contributed by atoms with Gasteiger partial charge in [0.1, 0.15) is 5.82 Å². The lowest BCUT2D eigenvalue weighted by atomic mass is 10.0. The van der Waals surface area contributed by atoms with Gasteiger partial charge < -0.3 is 5.73 Å². The molecule has 6 heteroatoms. The molecule has 0 saturated carbocycles. The lowest BCUT2D eigenvalue weighted by molar-refractivity contribution is -0.384. The normalized spacial score (nSPS) is 10.7. The lowest BCUT2D eigenvalue weighted by Gasteiger charge is -2.05. The molecule has 122 valence electrons. The summed E-state index contributed by atoms with van der Waals surface area (Å²) in [6.45, 7) is 0. The Morgan fingerprint density at radius 1 is 1.08 bits per heavy atom. The number of nitrogens with zero attached hydrogens (tertiary/aromatic N) is 3. The summed E-state index contributed by atoms with van der Waals surface area (Å²) in [7, 11) is 1.80. The molecule has 0 aliphatic heterocycles. The fourth-order valence-corrected chi connectivity index (χ4v) is 2.74. The highest BCUT2D eigenvalue weighted by molar-refractivity contribution is 5.77. The monoisotopic (exact) mass is 322 g/mol. The number of nitrogen functional groups attached to an aromatic ring is 1. The van der Waals surface area contributed by atoms with E-state index < -0.39 is 4.92 Å². The summed E-state index contributed by atoms with van der Waals surface area (Å²) in [5.74, 6) is 0.562. The zero-order chi connectivity index (χ0) is 17.1. The average molecular weight is 322 g/mol. The maximum atomic E-state index is 10.8. The SMILES string of the molecule is Cn1nc(CCc2ccccc2)c(-c2ccc([N+](=O)[O-])cc2)c1N. The summed E-state index contributed by atoms with van der Waals surface area (Å²) in [6.07, 6.45) is 1.61. The van der Waals surface area contributed by atoms with E-state index in [2.05, 4.69) is 17.2 Å². The predicted molar refractivity (Wildman–Crippen MR) is 93.6 cm³/mol. The molecule has 6 nitrogen and oxygen atoms in total. The zero-order valence-corrected chi connectivity index (χ0v) is 13.3. The van der Waals surface area contributed by atoms with E-state index in [0.717, 1.165) is 29.7 Å². The Labute approximate surface area is 139 Å². The highest BCUT2D eigenvalue weighted by Gasteiger charge is 2.16. The van der Waals surface area contributed by atoms with Gasteiger partial charge in [-0.2, -0.15) is 5.10 Å². The van der Waals surface area contributed by atoms with Crippen LogP contribution in [-0.2, 0) is 19.9 Å². The quantitative estimate of drug-likeness (QED) is 0.576. The van der Waals surface area contributed by atoms with Crippen LogP contribution in [0, 0.1) is 10.1 Å². The van der Waals surface area contributed by atoms with Crippen LogP contribution >= 0.6 is 0 Å². The molecule has 1 heterocycles. The van der Waals surface area contributed by atoms with E-state index in [9.17, 15) is 10.1 Å². The van der Waals surface area contributed by atoms with Crippen LogP contribution in [0.25, 0.3) is 11.1 Å². The van der Waals surface area contributed by atoms with Gasteiger partial charge in [-0.25, -0.2) is 0 Å². The van der Waals surface area contributed by atoms with E-state index in [1.165, 1.54) is 17.7 Å². The number of aryl methyl sites for hydroxylation is 3. The average Bonchev–Trinajstić information content (AvgIpc) is 2.88. The lowest BCUT2D eigenvalue weighted by Crippen LogP contribution is -1.98. The summed E-state index contributed by atoms with van der Waals surface area (Å²) in [5.41, 5.74) is 10.1. The molecule has 0 aliphatic carbocycles. The Kier molecular flexibility index (Phi) is 4.29. The van der Waals surface area contributed by atoms with E-state index in [0.29, 0.717) is 5.82 Å². The number of benzene rings is 2. The summed E-state index contributed by atoms with van der Waals surface area (Å²) >= 11 is 0. The Hall–Kier alpha value is -3.15. The fourth-order valence-electron chi connectivity index (χ4n) is 2.74. The zero-order valence-electron chi connectivity index (χ0n) is 13.3. The van der Waals surface area contributed by atoms with Crippen LogP contribution in [0.1, 0.15) is 11.3 Å². The van der Waals surface area contributed by atoms with Gasteiger partial charge in [0.15, 0.2) is 0 Å². The molecule has 3 rings (SSSR count). The smallest absolute Gasteiger partial charge is 0.269 e. The van der Waals surface area contributed by atoms with Crippen molar-refractivity contribution in [2.75, 3.05) is 5.73 Å². The van der Waals surface area contributed by atoms with Gasteiger partial charge in [0, 0.05) is 24.7 Å². The minimum atomic E-state index is -0.410. The molecule has 2 N–H and O–H groups in total. The van der Waals surface area contributed by atoms with Crippen molar-refractivity contribution in [3.8, 4) is 11.1 Å². The maximum absolute atomic E-state index is 10.8. The highest BCUT2D eigenvalue weighted by Crippen LogP contribution is 2.31. The van der Waals surface area contributed by atoms with Gasteiger partial charge in [-0.1, -0.05) is 30.3 Å². The second-order valence-corrected chi connectivity index (χ2v) is 5.62. The van der Waals surface area contributed by atoms with E-state index in [-0.39, 0.29) is 5.69 Å². The molecule has 1 aromatic heterocycles. The van der Waals surface area contributed by atoms with Crippen LogP contribution in [0.15, 0.2) is 54.6 Å². The second-order valence-electron chi connectivity index (χ2n) is 5.62. The summed E-state index contributed by atoms with van der Waals surface area (Å²) < 4.78 is 1.65. The standard InChI is InChI=1S/C18H18N4O2/c1-21-18(19)17(14-8-10-15(11-9-14)22(23)24)16(20-21)12-7-13-5-3-2-4-6-13/h2-6,8-11H,7,12,19H2,1H3. The van der Waals surface area contributed by atoms with Crippen molar-refractivity contribution in [1.82, 2.24) is 9.78 Å². The number of rotatable bonds is 5. The van der Waals surface area contributed by atoms with Gasteiger partial charge in [0.05, 0.1) is 10.6 Å². The Bertz CT molecular complexity index is 855. The third-order valence-electron chi connectivity index (χ3n) is 4.02. The van der Waals surface area contributed by atoms with Gasteiger partial charge >= 0.3 is 0 Å². The van der Waals surface area contributed by atoms with Crippen molar-refractivity contribution in [3.63, 3.8) is 0 Å². The molecule has 0 bridgehead atoms. The third-order valence-corrected chi connectivity index (χ3v) is 4.02. The highest BCUT2D eigenvalue weighted by atomic mass is 16.6. The van der Waals surface area contributed by atoms with Crippen molar-refractivity contribution in [2.45, 2.75) is 12.8 Å². The second kappa shape index (κ2) is 6.54. The molecular formula is C18H18N4O2. The van der Waals surface area contributed by atoms with E-state index in [1.807, 2.05) is 18.2 Å². The Morgan fingerprint density at radius 3 is 2.38 bits per heavy atom. The third kappa shape index (κ3) is 3.12. The minimum absolute atomic E-state index is 0.0621. The summed E-state index contributed by atoms with van der Waals surface area (Å²) in [5, 5.41) is 15.3. The molecule has 0 unspecified atom stereocenters. The molecule has 0 amide bonds. The number of hydrogen-bond donors (Lipinski definition) is 1. The first-order valence-electron chi connectivity index (χ1n) is 7.66. The van der Waals surface area contributed by atoms with Crippen LogP contribution in [0.3, 0.4) is 0 Å². The van der Waals surface area contributed by atoms with Crippen molar-refractivity contribution in [3.05, 3.63) is 76.0 Å². The molecule has 0 aliphatic rings. The summed E-state index contributed by atoms with van der Waals surface area (Å²) in [6, 6.07) is 16.6. The van der Waals surface area contributed by atoms with E-state index in [4.69, 9.17) is 5.73 Å². The number of aromatic nitrogens is 2. The summed E-state index contributed by atoms with van der Waals surface area (Å²) in [4.78, 5) is 10.4. The van der Waals surface area contributed by atoms with Crippen LogP contribution < -0.4 is 5.73 Å². The Morgan fingerprint density at radius 2 is 1.75 bits per heavy atom.